The van der Waals surface area contributed by atoms with E-state index in [0.29, 0.717) is 5.41 Å². The number of unbranched alkanes of at least 4 members (excludes halogenated alkanes) is 1. The first kappa shape index (κ1) is 13.0. The summed E-state index contributed by atoms with van der Waals surface area (Å²) in [6.45, 7) is 6.80. The van der Waals surface area contributed by atoms with E-state index >= 15 is 0 Å². The molecule has 15 heavy (non-hydrogen) atoms. The zero-order valence-electron chi connectivity index (χ0n) is 10.5. The number of rotatable bonds is 5. The Labute approximate surface area is 95.0 Å². The van der Waals surface area contributed by atoms with E-state index in [4.69, 9.17) is 5.73 Å². The Hall–Kier alpha value is -0.0800. The van der Waals surface area contributed by atoms with Crippen LogP contribution in [0, 0.1) is 5.41 Å². The van der Waals surface area contributed by atoms with Crippen molar-refractivity contribution in [3.8, 4) is 0 Å². The molecule has 1 fully saturated rings. The van der Waals surface area contributed by atoms with Gasteiger partial charge in [0.1, 0.15) is 0 Å². The van der Waals surface area contributed by atoms with Crippen molar-refractivity contribution < 1.29 is 0 Å². The number of nitrogens with two attached hydrogens (primary N) is 1. The number of hydrogen-bond acceptors (Lipinski definition) is 2. The molecule has 2 heteroatoms. The minimum atomic E-state index is 0.577. The highest BCUT2D eigenvalue weighted by atomic mass is 14.9. The molecular weight excluding hydrogens is 184 g/mol. The van der Waals surface area contributed by atoms with Gasteiger partial charge in [0.15, 0.2) is 0 Å². The lowest BCUT2D eigenvalue weighted by atomic mass is 9.85. The lowest BCUT2D eigenvalue weighted by molar-refractivity contribution is 0.309. The van der Waals surface area contributed by atoms with E-state index < -0.39 is 0 Å². The van der Waals surface area contributed by atoms with Crippen LogP contribution >= 0.6 is 0 Å². The quantitative estimate of drug-likeness (QED) is 0.543. The molecule has 90 valence electrons. The number of hydrogen-bond donors (Lipinski definition) is 2. The molecule has 0 spiro atoms. The number of nitrogens with one attached hydrogen (secondary N) is 1. The maximum Gasteiger partial charge on any atom is 0.00672 e. The lowest BCUT2D eigenvalue weighted by Gasteiger charge is -2.22. The lowest BCUT2D eigenvalue weighted by Crippen LogP contribution is -2.29. The monoisotopic (exact) mass is 212 g/mol. The summed E-state index contributed by atoms with van der Waals surface area (Å²) in [4.78, 5) is 0. The van der Waals surface area contributed by atoms with E-state index in [9.17, 15) is 0 Å². The van der Waals surface area contributed by atoms with E-state index in [2.05, 4.69) is 19.2 Å². The molecule has 3 N–H and O–H groups in total. The van der Waals surface area contributed by atoms with E-state index in [-0.39, 0.29) is 0 Å². The Morgan fingerprint density at radius 2 is 2.00 bits per heavy atom. The summed E-state index contributed by atoms with van der Waals surface area (Å²) in [7, 11) is 0. The first-order valence-electron chi connectivity index (χ1n) is 6.57. The minimum Gasteiger partial charge on any atom is -0.330 e. The Bertz CT molecular complexity index is 166. The highest BCUT2D eigenvalue weighted by molar-refractivity contribution is 4.79. The van der Waals surface area contributed by atoms with Crippen molar-refractivity contribution in [3.05, 3.63) is 0 Å². The smallest absolute Gasteiger partial charge is 0.00672 e. The molecule has 1 aliphatic carbocycles. The van der Waals surface area contributed by atoms with Crippen molar-refractivity contribution in [1.82, 2.24) is 5.32 Å². The van der Waals surface area contributed by atoms with Gasteiger partial charge in [0.25, 0.3) is 0 Å². The highest BCUT2D eigenvalue weighted by Gasteiger charge is 2.23. The van der Waals surface area contributed by atoms with Crippen molar-refractivity contribution in [2.45, 2.75) is 64.8 Å². The first-order valence-corrected chi connectivity index (χ1v) is 6.57. The second kappa shape index (κ2) is 6.49. The molecule has 0 bridgehead atoms. The summed E-state index contributed by atoms with van der Waals surface area (Å²) in [5, 5.41) is 3.68. The topological polar surface area (TPSA) is 38.0 Å². The molecule has 2 nitrogen and oxygen atoms in total. The summed E-state index contributed by atoms with van der Waals surface area (Å²) in [5.41, 5.74) is 6.06. The van der Waals surface area contributed by atoms with Gasteiger partial charge < -0.3 is 11.1 Å². The molecule has 0 amide bonds. The first-order chi connectivity index (χ1) is 7.14. The van der Waals surface area contributed by atoms with Crippen LogP contribution in [0.5, 0.6) is 0 Å². The van der Waals surface area contributed by atoms with Gasteiger partial charge in [0.05, 0.1) is 0 Å². The fourth-order valence-corrected chi connectivity index (χ4v) is 2.44. The van der Waals surface area contributed by atoms with Gasteiger partial charge in [-0.2, -0.15) is 0 Å². The van der Waals surface area contributed by atoms with Gasteiger partial charge in [0.2, 0.25) is 0 Å². The fourth-order valence-electron chi connectivity index (χ4n) is 2.44. The second-order valence-corrected chi connectivity index (χ2v) is 5.74. The van der Waals surface area contributed by atoms with Gasteiger partial charge in [-0.15, -0.1) is 0 Å². The molecule has 0 aromatic heterocycles. The summed E-state index contributed by atoms with van der Waals surface area (Å²) < 4.78 is 0. The predicted octanol–water partition coefficient (Wildman–Crippen LogP) is 2.67. The maximum absolute atomic E-state index is 5.48. The summed E-state index contributed by atoms with van der Waals surface area (Å²) in [5.74, 6) is 0. The molecule has 1 atom stereocenters. The summed E-state index contributed by atoms with van der Waals surface area (Å²) >= 11 is 0. The Kier molecular flexibility index (Phi) is 5.62. The Morgan fingerprint density at radius 3 is 2.73 bits per heavy atom. The predicted molar refractivity (Wildman–Crippen MR) is 66.9 cm³/mol. The van der Waals surface area contributed by atoms with E-state index in [0.717, 1.165) is 25.6 Å². The maximum atomic E-state index is 5.48. The Morgan fingerprint density at radius 1 is 1.20 bits per heavy atom. The third kappa shape index (κ3) is 5.53. The van der Waals surface area contributed by atoms with Gasteiger partial charge in [-0.05, 0) is 57.0 Å². The molecule has 0 aromatic carbocycles. The molecule has 1 aliphatic rings. The summed E-state index contributed by atoms with van der Waals surface area (Å²) in [6, 6.07) is 0.768. The van der Waals surface area contributed by atoms with Crippen LogP contribution in [0.2, 0.25) is 0 Å². The molecule has 0 radical (unpaired) electrons. The molecule has 1 unspecified atom stereocenters. The average molecular weight is 212 g/mol. The minimum absolute atomic E-state index is 0.577. The van der Waals surface area contributed by atoms with E-state index in [1.807, 2.05) is 0 Å². The summed E-state index contributed by atoms with van der Waals surface area (Å²) in [6.07, 6.45) is 9.28. The Balaban J connectivity index is 2.14. The van der Waals surface area contributed by atoms with Crippen molar-refractivity contribution in [2.75, 3.05) is 13.1 Å². The molecule has 1 saturated carbocycles. The van der Waals surface area contributed by atoms with Crippen molar-refractivity contribution in [3.63, 3.8) is 0 Å². The van der Waals surface area contributed by atoms with Crippen LogP contribution in [0.1, 0.15) is 58.8 Å². The molecule has 0 saturated heterocycles. The van der Waals surface area contributed by atoms with E-state index in [1.165, 1.54) is 38.5 Å². The van der Waals surface area contributed by atoms with Crippen LogP contribution in [0.4, 0.5) is 0 Å². The van der Waals surface area contributed by atoms with Crippen LogP contribution in [-0.4, -0.2) is 19.1 Å². The molecule has 0 aliphatic heterocycles. The van der Waals surface area contributed by atoms with Gasteiger partial charge in [0, 0.05) is 6.04 Å². The zero-order chi connectivity index (χ0) is 11.1. The van der Waals surface area contributed by atoms with Crippen molar-refractivity contribution in [1.29, 1.82) is 0 Å². The standard InChI is InChI=1S/C13H28N2/c1-13(2)8-5-6-12(7-9-13)15-11-4-3-10-14/h12,15H,3-11,14H2,1-2H3. The van der Waals surface area contributed by atoms with Crippen LogP contribution in [0.15, 0.2) is 0 Å². The second-order valence-electron chi connectivity index (χ2n) is 5.74. The van der Waals surface area contributed by atoms with E-state index in [1.54, 1.807) is 0 Å². The van der Waals surface area contributed by atoms with Gasteiger partial charge in [-0.1, -0.05) is 20.3 Å². The molecule has 0 heterocycles. The highest BCUT2D eigenvalue weighted by Crippen LogP contribution is 2.33. The van der Waals surface area contributed by atoms with Crippen LogP contribution in [0.25, 0.3) is 0 Å². The third-order valence-corrected chi connectivity index (χ3v) is 3.64. The third-order valence-electron chi connectivity index (χ3n) is 3.64. The molecule has 1 rings (SSSR count). The largest absolute Gasteiger partial charge is 0.330 e. The van der Waals surface area contributed by atoms with Crippen LogP contribution in [-0.2, 0) is 0 Å². The molecule has 0 aromatic rings. The average Bonchev–Trinajstić information content (AvgIpc) is 2.35. The zero-order valence-corrected chi connectivity index (χ0v) is 10.5. The fraction of sp³-hybridized carbons (Fsp3) is 1.00. The van der Waals surface area contributed by atoms with Crippen molar-refractivity contribution >= 4 is 0 Å². The van der Waals surface area contributed by atoms with Gasteiger partial charge in [-0.25, -0.2) is 0 Å². The SMILES string of the molecule is CC1(C)CCCC(NCCCCN)CC1. The van der Waals surface area contributed by atoms with Gasteiger partial charge in [-0.3, -0.25) is 0 Å². The van der Waals surface area contributed by atoms with Crippen LogP contribution in [0.3, 0.4) is 0 Å². The molecular formula is C13H28N2. The van der Waals surface area contributed by atoms with Crippen LogP contribution < -0.4 is 11.1 Å². The van der Waals surface area contributed by atoms with Gasteiger partial charge >= 0.3 is 0 Å². The van der Waals surface area contributed by atoms with Crippen molar-refractivity contribution in [2.24, 2.45) is 11.1 Å². The normalized spacial score (nSPS) is 26.2.